The van der Waals surface area contributed by atoms with Crippen molar-refractivity contribution in [2.24, 2.45) is 5.92 Å². The van der Waals surface area contributed by atoms with Crippen LogP contribution in [-0.4, -0.2) is 12.9 Å². The molecular formula is C15H20O2. The van der Waals surface area contributed by atoms with Crippen molar-refractivity contribution >= 4 is 5.78 Å². The van der Waals surface area contributed by atoms with Crippen molar-refractivity contribution in [2.75, 3.05) is 7.11 Å². The summed E-state index contributed by atoms with van der Waals surface area (Å²) < 4.78 is 5.34. The van der Waals surface area contributed by atoms with E-state index in [0.717, 1.165) is 37.0 Å². The summed E-state index contributed by atoms with van der Waals surface area (Å²) in [5, 5.41) is 0. The Hall–Kier alpha value is -1.31. The molecule has 0 bridgehead atoms. The lowest BCUT2D eigenvalue weighted by Gasteiger charge is -2.15. The second-order valence-electron chi connectivity index (χ2n) is 4.78. The number of para-hydroxylation sites is 1. The van der Waals surface area contributed by atoms with Crippen LogP contribution in [0.1, 0.15) is 37.7 Å². The number of hydrogen-bond acceptors (Lipinski definition) is 2. The predicted molar refractivity (Wildman–Crippen MR) is 68.3 cm³/mol. The Kier molecular flexibility index (Phi) is 4.18. The first-order chi connectivity index (χ1) is 8.31. The molecule has 2 heteroatoms. The van der Waals surface area contributed by atoms with Gasteiger partial charge in [0.25, 0.3) is 0 Å². The SMILES string of the molecule is COc1ccccc1CC1CCCCCC1=O. The molecule has 0 radical (unpaired) electrons. The molecule has 1 saturated carbocycles. The summed E-state index contributed by atoms with van der Waals surface area (Å²) in [6, 6.07) is 8.02. The molecule has 17 heavy (non-hydrogen) atoms. The minimum Gasteiger partial charge on any atom is -0.496 e. The number of hydrogen-bond donors (Lipinski definition) is 0. The molecule has 1 atom stereocenters. The highest BCUT2D eigenvalue weighted by Crippen LogP contribution is 2.27. The fourth-order valence-corrected chi connectivity index (χ4v) is 2.58. The second kappa shape index (κ2) is 5.85. The third-order valence-corrected chi connectivity index (χ3v) is 3.59. The third-order valence-electron chi connectivity index (χ3n) is 3.59. The molecule has 1 aliphatic carbocycles. The van der Waals surface area contributed by atoms with Crippen LogP contribution in [0.3, 0.4) is 0 Å². The van der Waals surface area contributed by atoms with Crippen LogP contribution in [0.5, 0.6) is 5.75 Å². The quantitative estimate of drug-likeness (QED) is 0.747. The first kappa shape index (κ1) is 12.2. The van der Waals surface area contributed by atoms with Crippen LogP contribution in [0.15, 0.2) is 24.3 Å². The zero-order valence-corrected chi connectivity index (χ0v) is 10.4. The monoisotopic (exact) mass is 232 g/mol. The van der Waals surface area contributed by atoms with Gasteiger partial charge in [0, 0.05) is 12.3 Å². The number of carbonyl (C=O) groups excluding carboxylic acids is 1. The van der Waals surface area contributed by atoms with Crippen molar-refractivity contribution in [3.63, 3.8) is 0 Å². The fourth-order valence-electron chi connectivity index (χ4n) is 2.58. The Morgan fingerprint density at radius 2 is 2.06 bits per heavy atom. The third kappa shape index (κ3) is 3.09. The molecule has 1 aliphatic rings. The molecular weight excluding hydrogens is 212 g/mol. The largest absolute Gasteiger partial charge is 0.496 e. The Labute approximate surface area is 103 Å². The van der Waals surface area contributed by atoms with Crippen molar-refractivity contribution in [3.05, 3.63) is 29.8 Å². The Morgan fingerprint density at radius 1 is 1.24 bits per heavy atom. The Balaban J connectivity index is 2.10. The van der Waals surface area contributed by atoms with E-state index in [9.17, 15) is 4.79 Å². The predicted octanol–water partition coefficient (Wildman–Crippen LogP) is 3.39. The standard InChI is InChI=1S/C15H20O2/c1-17-15-10-6-5-8-13(15)11-12-7-3-2-4-9-14(12)16/h5-6,8,10,12H,2-4,7,9,11H2,1H3. The minimum atomic E-state index is 0.203. The highest BCUT2D eigenvalue weighted by atomic mass is 16.5. The van der Waals surface area contributed by atoms with Crippen LogP contribution in [0, 0.1) is 5.92 Å². The van der Waals surface area contributed by atoms with Gasteiger partial charge in [0.05, 0.1) is 7.11 Å². The number of benzene rings is 1. The molecule has 0 saturated heterocycles. The number of methoxy groups -OCH3 is 1. The maximum atomic E-state index is 12.0. The normalized spacial score (nSPS) is 21.0. The van der Waals surface area contributed by atoms with Gasteiger partial charge in [0.2, 0.25) is 0 Å². The zero-order chi connectivity index (χ0) is 12.1. The summed E-state index contributed by atoms with van der Waals surface area (Å²) in [4.78, 5) is 12.0. The van der Waals surface area contributed by atoms with E-state index in [1.165, 1.54) is 12.8 Å². The van der Waals surface area contributed by atoms with Crippen molar-refractivity contribution < 1.29 is 9.53 Å². The van der Waals surface area contributed by atoms with Gasteiger partial charge < -0.3 is 4.74 Å². The topological polar surface area (TPSA) is 26.3 Å². The first-order valence-corrected chi connectivity index (χ1v) is 6.46. The van der Waals surface area contributed by atoms with Crippen LogP contribution in [0.25, 0.3) is 0 Å². The van der Waals surface area contributed by atoms with Gasteiger partial charge in [0.1, 0.15) is 11.5 Å². The van der Waals surface area contributed by atoms with Gasteiger partial charge in [-0.2, -0.15) is 0 Å². The molecule has 92 valence electrons. The van der Waals surface area contributed by atoms with Crippen molar-refractivity contribution in [2.45, 2.75) is 38.5 Å². The Bertz CT molecular complexity index is 384. The summed E-state index contributed by atoms with van der Waals surface area (Å²) >= 11 is 0. The first-order valence-electron chi connectivity index (χ1n) is 6.46. The van der Waals surface area contributed by atoms with E-state index >= 15 is 0 Å². The molecule has 1 unspecified atom stereocenters. The summed E-state index contributed by atoms with van der Waals surface area (Å²) in [7, 11) is 1.69. The van der Waals surface area contributed by atoms with Gasteiger partial charge in [-0.05, 0) is 30.9 Å². The summed E-state index contributed by atoms with van der Waals surface area (Å²) in [5.41, 5.74) is 1.16. The summed E-state index contributed by atoms with van der Waals surface area (Å²) in [6.07, 6.45) is 6.10. The number of carbonyl (C=O) groups is 1. The van der Waals surface area contributed by atoms with Gasteiger partial charge in [0.15, 0.2) is 0 Å². The fraction of sp³-hybridized carbons (Fsp3) is 0.533. The molecule has 1 aromatic rings. The van der Waals surface area contributed by atoms with Crippen molar-refractivity contribution in [1.29, 1.82) is 0 Å². The second-order valence-corrected chi connectivity index (χ2v) is 4.78. The summed E-state index contributed by atoms with van der Waals surface area (Å²) in [6.45, 7) is 0. The number of rotatable bonds is 3. The maximum absolute atomic E-state index is 12.0. The molecule has 0 aliphatic heterocycles. The maximum Gasteiger partial charge on any atom is 0.136 e. The number of ketones is 1. The zero-order valence-electron chi connectivity index (χ0n) is 10.4. The van der Waals surface area contributed by atoms with Crippen LogP contribution in [0.4, 0.5) is 0 Å². The lowest BCUT2D eigenvalue weighted by Crippen LogP contribution is -2.15. The lowest BCUT2D eigenvalue weighted by atomic mass is 9.91. The van der Waals surface area contributed by atoms with Crippen molar-refractivity contribution in [3.8, 4) is 5.75 Å². The van der Waals surface area contributed by atoms with Crippen LogP contribution in [0.2, 0.25) is 0 Å². The summed E-state index contributed by atoms with van der Waals surface area (Å²) in [5.74, 6) is 1.55. The van der Waals surface area contributed by atoms with Crippen LogP contribution in [-0.2, 0) is 11.2 Å². The highest BCUT2D eigenvalue weighted by molar-refractivity contribution is 5.81. The molecule has 0 spiro atoms. The molecule has 0 aromatic heterocycles. The van der Waals surface area contributed by atoms with Gasteiger partial charge >= 0.3 is 0 Å². The van der Waals surface area contributed by atoms with E-state index in [4.69, 9.17) is 4.74 Å². The smallest absolute Gasteiger partial charge is 0.136 e. The molecule has 2 nitrogen and oxygen atoms in total. The van der Waals surface area contributed by atoms with E-state index < -0.39 is 0 Å². The van der Waals surface area contributed by atoms with E-state index in [1.807, 2.05) is 18.2 Å². The molecule has 0 amide bonds. The average Bonchev–Trinajstić information content (AvgIpc) is 2.56. The lowest BCUT2D eigenvalue weighted by molar-refractivity contribution is -0.122. The van der Waals surface area contributed by atoms with Gasteiger partial charge in [-0.1, -0.05) is 31.0 Å². The molecule has 1 aromatic carbocycles. The van der Waals surface area contributed by atoms with E-state index in [1.54, 1.807) is 7.11 Å². The molecule has 0 heterocycles. The number of ether oxygens (including phenoxy) is 1. The highest BCUT2D eigenvalue weighted by Gasteiger charge is 2.21. The van der Waals surface area contributed by atoms with Crippen LogP contribution >= 0.6 is 0 Å². The molecule has 1 fully saturated rings. The number of Topliss-reactive ketones (excluding diaryl/α,β-unsaturated/α-hetero) is 1. The molecule has 2 rings (SSSR count). The van der Waals surface area contributed by atoms with E-state index in [2.05, 4.69) is 6.07 Å². The average molecular weight is 232 g/mol. The minimum absolute atomic E-state index is 0.203. The van der Waals surface area contributed by atoms with E-state index in [0.29, 0.717) is 5.78 Å². The van der Waals surface area contributed by atoms with Gasteiger partial charge in [-0.3, -0.25) is 4.79 Å². The van der Waals surface area contributed by atoms with E-state index in [-0.39, 0.29) is 5.92 Å². The van der Waals surface area contributed by atoms with Gasteiger partial charge in [-0.15, -0.1) is 0 Å². The van der Waals surface area contributed by atoms with Crippen LogP contribution < -0.4 is 4.74 Å². The van der Waals surface area contributed by atoms with Gasteiger partial charge in [-0.25, -0.2) is 0 Å². The Morgan fingerprint density at radius 3 is 2.88 bits per heavy atom. The van der Waals surface area contributed by atoms with Crippen molar-refractivity contribution in [1.82, 2.24) is 0 Å². The molecule has 0 N–H and O–H groups in total.